The molecule has 4 nitrogen and oxygen atoms in total. The van der Waals surface area contributed by atoms with Crippen molar-refractivity contribution in [1.29, 1.82) is 5.26 Å². The van der Waals surface area contributed by atoms with Crippen LogP contribution in [0.4, 0.5) is 0 Å². The van der Waals surface area contributed by atoms with Gasteiger partial charge in [-0.05, 0) is 26.2 Å². The number of rotatable bonds is 4. The Labute approximate surface area is 95.4 Å². The number of nitrogens with zero attached hydrogens (tertiary/aromatic N) is 2. The molecule has 0 aliphatic heterocycles. The molecule has 0 N–H and O–H groups in total. The van der Waals surface area contributed by atoms with Gasteiger partial charge in [-0.25, -0.2) is 0 Å². The lowest BCUT2D eigenvalue weighted by molar-refractivity contribution is -0.119. The van der Waals surface area contributed by atoms with Crippen LogP contribution in [0, 0.1) is 17.2 Å². The van der Waals surface area contributed by atoms with Gasteiger partial charge in [-0.15, -0.1) is 0 Å². The molecule has 1 fully saturated rings. The van der Waals surface area contributed by atoms with Crippen LogP contribution in [0.5, 0.6) is 0 Å². The van der Waals surface area contributed by atoms with Gasteiger partial charge in [0.15, 0.2) is 5.78 Å². The number of nitriles is 1. The van der Waals surface area contributed by atoms with Gasteiger partial charge < -0.3 is 0 Å². The zero-order valence-electron chi connectivity index (χ0n) is 9.53. The molecule has 1 aliphatic carbocycles. The monoisotopic (exact) mass is 220 g/mol. The number of carbonyl (C=O) groups is 2. The van der Waals surface area contributed by atoms with Crippen molar-refractivity contribution in [3.63, 3.8) is 0 Å². The second kappa shape index (κ2) is 6.16. The lowest BCUT2D eigenvalue weighted by Gasteiger charge is -2.21. The number of aliphatic imine (C=N–C) groups is 1. The summed E-state index contributed by atoms with van der Waals surface area (Å²) in [5.74, 6) is -0.141. The summed E-state index contributed by atoms with van der Waals surface area (Å²) < 4.78 is 0. The van der Waals surface area contributed by atoms with E-state index in [2.05, 4.69) is 4.99 Å². The smallest absolute Gasteiger partial charge is 0.168 e. The Hall–Kier alpha value is -1.50. The van der Waals surface area contributed by atoms with Crippen LogP contribution in [-0.2, 0) is 9.59 Å². The van der Waals surface area contributed by atoms with E-state index in [1.807, 2.05) is 0 Å². The first kappa shape index (κ1) is 12.6. The minimum atomic E-state index is -0.178. The molecule has 1 atom stereocenters. The first-order valence-corrected chi connectivity index (χ1v) is 5.57. The molecule has 86 valence electrons. The molecule has 0 saturated heterocycles. The highest BCUT2D eigenvalue weighted by molar-refractivity contribution is 6.05. The van der Waals surface area contributed by atoms with Gasteiger partial charge in [0.05, 0.1) is 25.0 Å². The lowest BCUT2D eigenvalue weighted by atomic mass is 9.85. The molecule has 0 aromatic heterocycles. The quantitative estimate of drug-likeness (QED) is 0.723. The van der Waals surface area contributed by atoms with Crippen LogP contribution in [0.25, 0.3) is 0 Å². The lowest BCUT2D eigenvalue weighted by Crippen LogP contribution is -2.26. The molecule has 0 bridgehead atoms. The molecule has 4 heteroatoms. The van der Waals surface area contributed by atoms with E-state index in [0.29, 0.717) is 0 Å². The SMILES string of the molecule is CC(=O)C1CCCCC1=NCC(=O)CC#N. The second-order valence-electron chi connectivity index (χ2n) is 4.09. The van der Waals surface area contributed by atoms with Gasteiger partial charge in [-0.2, -0.15) is 5.26 Å². The summed E-state index contributed by atoms with van der Waals surface area (Å²) in [6.45, 7) is 1.62. The van der Waals surface area contributed by atoms with E-state index in [-0.39, 0.29) is 30.4 Å². The Balaban J connectivity index is 2.61. The van der Waals surface area contributed by atoms with Crippen molar-refractivity contribution < 1.29 is 9.59 Å². The number of Topliss-reactive ketones (excluding diaryl/α,β-unsaturated/α-hetero) is 2. The van der Waals surface area contributed by atoms with Gasteiger partial charge in [-0.3, -0.25) is 14.6 Å². The van der Waals surface area contributed by atoms with E-state index in [1.54, 1.807) is 13.0 Å². The molecule has 1 saturated carbocycles. The standard InChI is InChI=1S/C12H16N2O2/c1-9(15)11-4-2-3-5-12(11)14-8-10(16)6-7-13/h11H,2-6,8H2,1H3. The van der Waals surface area contributed by atoms with Gasteiger partial charge in [0.1, 0.15) is 5.78 Å². The maximum Gasteiger partial charge on any atom is 0.168 e. The first-order chi connectivity index (χ1) is 7.65. The van der Waals surface area contributed by atoms with E-state index in [1.165, 1.54) is 0 Å². The fourth-order valence-corrected chi connectivity index (χ4v) is 1.96. The summed E-state index contributed by atoms with van der Waals surface area (Å²) >= 11 is 0. The highest BCUT2D eigenvalue weighted by Gasteiger charge is 2.24. The van der Waals surface area contributed by atoms with Crippen LogP contribution in [-0.4, -0.2) is 23.8 Å². The van der Waals surface area contributed by atoms with E-state index in [9.17, 15) is 9.59 Å². The van der Waals surface area contributed by atoms with Crippen LogP contribution >= 0.6 is 0 Å². The van der Waals surface area contributed by atoms with Crippen LogP contribution < -0.4 is 0 Å². The highest BCUT2D eigenvalue weighted by Crippen LogP contribution is 2.22. The average Bonchev–Trinajstić information content (AvgIpc) is 2.27. The number of hydrogen-bond acceptors (Lipinski definition) is 4. The van der Waals surface area contributed by atoms with Gasteiger partial charge in [0.25, 0.3) is 0 Å². The van der Waals surface area contributed by atoms with Crippen molar-refractivity contribution in [3.8, 4) is 6.07 Å². The average molecular weight is 220 g/mol. The Morgan fingerprint density at radius 3 is 2.88 bits per heavy atom. The molecule has 0 aromatic carbocycles. The molecule has 1 unspecified atom stereocenters. The van der Waals surface area contributed by atoms with Gasteiger partial charge >= 0.3 is 0 Å². The predicted octanol–water partition coefficient (Wildman–Crippen LogP) is 1.69. The maximum atomic E-state index is 11.4. The Bertz CT molecular complexity index is 353. The molecule has 0 aromatic rings. The first-order valence-electron chi connectivity index (χ1n) is 5.57. The van der Waals surface area contributed by atoms with E-state index in [4.69, 9.17) is 5.26 Å². The summed E-state index contributed by atoms with van der Waals surface area (Å²) in [7, 11) is 0. The topological polar surface area (TPSA) is 70.3 Å². The van der Waals surface area contributed by atoms with E-state index in [0.717, 1.165) is 31.4 Å². The molecule has 0 spiro atoms. The van der Waals surface area contributed by atoms with Gasteiger partial charge in [0.2, 0.25) is 0 Å². The van der Waals surface area contributed by atoms with E-state index >= 15 is 0 Å². The minimum absolute atomic E-state index is 0.0483. The predicted molar refractivity (Wildman–Crippen MR) is 60.2 cm³/mol. The third kappa shape index (κ3) is 3.58. The molecule has 1 rings (SSSR count). The molecule has 1 aliphatic rings. The molecule has 0 radical (unpaired) electrons. The summed E-state index contributed by atoms with van der Waals surface area (Å²) in [6.07, 6.45) is 3.65. The Kier molecular flexibility index (Phi) is 4.84. The Morgan fingerprint density at radius 2 is 2.25 bits per heavy atom. The van der Waals surface area contributed by atoms with Crippen LogP contribution in [0.1, 0.15) is 39.0 Å². The van der Waals surface area contributed by atoms with Crippen LogP contribution in [0.2, 0.25) is 0 Å². The zero-order chi connectivity index (χ0) is 12.0. The number of carbonyl (C=O) groups excluding carboxylic acids is 2. The van der Waals surface area contributed by atoms with Crippen molar-refractivity contribution in [2.75, 3.05) is 6.54 Å². The third-order valence-corrected chi connectivity index (χ3v) is 2.80. The van der Waals surface area contributed by atoms with Crippen molar-refractivity contribution in [3.05, 3.63) is 0 Å². The molecular formula is C12H16N2O2. The maximum absolute atomic E-state index is 11.4. The summed E-state index contributed by atoms with van der Waals surface area (Å²) in [6, 6.07) is 1.80. The molecule has 0 heterocycles. The zero-order valence-corrected chi connectivity index (χ0v) is 9.53. The Morgan fingerprint density at radius 1 is 1.50 bits per heavy atom. The van der Waals surface area contributed by atoms with Crippen LogP contribution in [0.15, 0.2) is 4.99 Å². The van der Waals surface area contributed by atoms with E-state index < -0.39 is 0 Å². The van der Waals surface area contributed by atoms with Crippen molar-refractivity contribution in [2.45, 2.75) is 39.0 Å². The van der Waals surface area contributed by atoms with Crippen molar-refractivity contribution in [2.24, 2.45) is 10.9 Å². The van der Waals surface area contributed by atoms with Crippen LogP contribution in [0.3, 0.4) is 0 Å². The molecular weight excluding hydrogens is 204 g/mol. The van der Waals surface area contributed by atoms with Crippen molar-refractivity contribution >= 4 is 17.3 Å². The fraction of sp³-hybridized carbons (Fsp3) is 0.667. The van der Waals surface area contributed by atoms with Crippen molar-refractivity contribution in [1.82, 2.24) is 0 Å². The number of ketones is 2. The minimum Gasteiger partial charge on any atom is -0.299 e. The third-order valence-electron chi connectivity index (χ3n) is 2.80. The van der Waals surface area contributed by atoms with Gasteiger partial charge in [-0.1, -0.05) is 6.42 Å². The summed E-state index contributed by atoms with van der Waals surface area (Å²) in [5, 5.41) is 8.34. The molecule has 16 heavy (non-hydrogen) atoms. The number of hydrogen-bond donors (Lipinski definition) is 0. The molecule has 0 amide bonds. The summed E-state index contributed by atoms with van der Waals surface area (Å²) in [5.41, 5.74) is 0.852. The highest BCUT2D eigenvalue weighted by atomic mass is 16.1. The summed E-state index contributed by atoms with van der Waals surface area (Å²) in [4.78, 5) is 26.7. The second-order valence-corrected chi connectivity index (χ2v) is 4.09. The fourth-order valence-electron chi connectivity index (χ4n) is 1.96. The van der Waals surface area contributed by atoms with Gasteiger partial charge in [0, 0.05) is 5.71 Å². The largest absolute Gasteiger partial charge is 0.299 e. The normalized spacial score (nSPS) is 22.8.